The van der Waals surface area contributed by atoms with Crippen LogP contribution in [0.2, 0.25) is 0 Å². The molecular weight excluding hydrogens is 259 g/mol. The number of nitrogens with one attached hydrogen (secondary N) is 1. The van der Waals surface area contributed by atoms with E-state index >= 15 is 0 Å². The van der Waals surface area contributed by atoms with Crippen LogP contribution in [0.1, 0.15) is 25.0 Å². The minimum absolute atomic E-state index is 0.0742. The zero-order valence-electron chi connectivity index (χ0n) is 11.2. The number of hydrogen-bond donors (Lipinski definition) is 2. The second-order valence-corrected chi connectivity index (χ2v) is 4.57. The van der Waals surface area contributed by atoms with E-state index in [0.717, 1.165) is 5.56 Å². The number of aromatic nitrogens is 1. The molecule has 2 N–H and O–H groups in total. The molecule has 5 heteroatoms. The van der Waals surface area contributed by atoms with Gasteiger partial charge in [-0.05, 0) is 30.2 Å². The summed E-state index contributed by atoms with van der Waals surface area (Å²) in [7, 11) is 0. The molecule has 0 aliphatic rings. The van der Waals surface area contributed by atoms with Gasteiger partial charge in [0.25, 0.3) is 0 Å². The fourth-order valence-corrected chi connectivity index (χ4v) is 1.91. The molecule has 20 heavy (non-hydrogen) atoms. The molecule has 1 unspecified atom stereocenters. The molecule has 2 aromatic rings. The van der Waals surface area contributed by atoms with Crippen LogP contribution in [0.4, 0.5) is 10.1 Å². The first kappa shape index (κ1) is 14.3. The number of rotatable bonds is 5. The molecule has 2 rings (SSSR count). The standard InChI is InChI=1S/C15H17FN2O2/c1-2-14(19)11-7-8-18(9-11)10-15(20)17-13-6-4-3-5-12(13)16/h3-9,14,19H,2,10H2,1H3,(H,17,20). The SMILES string of the molecule is CCC(O)c1ccn(CC(=O)Nc2ccccc2F)c1. The molecule has 0 radical (unpaired) electrons. The number of benzene rings is 1. The van der Waals surface area contributed by atoms with Gasteiger partial charge in [0, 0.05) is 12.4 Å². The van der Waals surface area contributed by atoms with E-state index < -0.39 is 11.9 Å². The zero-order chi connectivity index (χ0) is 14.5. The number of aliphatic hydroxyl groups is 1. The molecule has 0 saturated carbocycles. The summed E-state index contributed by atoms with van der Waals surface area (Å²) < 4.78 is 15.0. The molecule has 0 aliphatic carbocycles. The summed E-state index contributed by atoms with van der Waals surface area (Å²) in [5.41, 5.74) is 0.935. The van der Waals surface area contributed by atoms with Crippen molar-refractivity contribution in [2.24, 2.45) is 0 Å². The maximum absolute atomic E-state index is 13.4. The first-order valence-electron chi connectivity index (χ1n) is 6.48. The van der Waals surface area contributed by atoms with Crippen molar-refractivity contribution in [3.8, 4) is 0 Å². The van der Waals surface area contributed by atoms with Gasteiger partial charge in [-0.1, -0.05) is 19.1 Å². The van der Waals surface area contributed by atoms with Gasteiger partial charge in [0.05, 0.1) is 11.8 Å². The molecule has 0 fully saturated rings. The Bertz CT molecular complexity index is 595. The van der Waals surface area contributed by atoms with Gasteiger partial charge in [0.15, 0.2) is 0 Å². The van der Waals surface area contributed by atoms with Crippen LogP contribution in [0.3, 0.4) is 0 Å². The van der Waals surface area contributed by atoms with Crippen LogP contribution < -0.4 is 5.32 Å². The van der Waals surface area contributed by atoms with Crippen LogP contribution in [0.5, 0.6) is 0 Å². The number of halogens is 1. The molecular formula is C15H17FN2O2. The lowest BCUT2D eigenvalue weighted by atomic mass is 10.1. The topological polar surface area (TPSA) is 54.3 Å². The fourth-order valence-electron chi connectivity index (χ4n) is 1.91. The number of nitrogens with zero attached hydrogens (tertiary/aromatic N) is 1. The second-order valence-electron chi connectivity index (χ2n) is 4.57. The molecule has 4 nitrogen and oxygen atoms in total. The predicted octanol–water partition coefficient (Wildman–Crippen LogP) is 2.71. The van der Waals surface area contributed by atoms with Crippen molar-refractivity contribution in [3.05, 3.63) is 54.1 Å². The van der Waals surface area contributed by atoms with Crippen LogP contribution in [0, 0.1) is 5.82 Å². The quantitative estimate of drug-likeness (QED) is 0.882. The van der Waals surface area contributed by atoms with Crippen molar-refractivity contribution in [2.45, 2.75) is 26.0 Å². The van der Waals surface area contributed by atoms with E-state index in [9.17, 15) is 14.3 Å². The van der Waals surface area contributed by atoms with Crippen molar-refractivity contribution in [1.82, 2.24) is 4.57 Å². The molecule has 0 aliphatic heterocycles. The maximum atomic E-state index is 13.4. The van der Waals surface area contributed by atoms with Crippen LogP contribution in [-0.2, 0) is 11.3 Å². The Kier molecular flexibility index (Phi) is 4.53. The molecule has 1 aromatic heterocycles. The van der Waals surface area contributed by atoms with E-state index in [1.54, 1.807) is 35.2 Å². The number of carbonyl (C=O) groups excluding carboxylic acids is 1. The van der Waals surface area contributed by atoms with Crippen LogP contribution in [0.25, 0.3) is 0 Å². The number of amides is 1. The van der Waals surface area contributed by atoms with Crippen LogP contribution >= 0.6 is 0 Å². The van der Waals surface area contributed by atoms with Crippen molar-refractivity contribution in [3.63, 3.8) is 0 Å². The normalized spacial score (nSPS) is 12.2. The minimum atomic E-state index is -0.522. The number of hydrogen-bond acceptors (Lipinski definition) is 2. The first-order chi connectivity index (χ1) is 9.60. The predicted molar refractivity (Wildman–Crippen MR) is 74.7 cm³/mol. The van der Waals surface area contributed by atoms with E-state index in [0.29, 0.717) is 6.42 Å². The molecule has 1 atom stereocenters. The van der Waals surface area contributed by atoms with Crippen molar-refractivity contribution in [1.29, 1.82) is 0 Å². The summed E-state index contributed by atoms with van der Waals surface area (Å²) in [5, 5.41) is 12.2. The molecule has 1 heterocycles. The van der Waals surface area contributed by atoms with E-state index in [4.69, 9.17) is 0 Å². The summed E-state index contributed by atoms with van der Waals surface area (Å²) in [5.74, 6) is -0.779. The second kappa shape index (κ2) is 6.34. The van der Waals surface area contributed by atoms with Gasteiger partial charge in [-0.3, -0.25) is 4.79 Å². The molecule has 1 amide bonds. The van der Waals surface area contributed by atoms with Crippen molar-refractivity contribution in [2.75, 3.05) is 5.32 Å². The highest BCUT2D eigenvalue weighted by Gasteiger charge is 2.09. The van der Waals surface area contributed by atoms with Gasteiger partial charge in [-0.15, -0.1) is 0 Å². The van der Waals surface area contributed by atoms with Gasteiger partial charge >= 0.3 is 0 Å². The zero-order valence-corrected chi connectivity index (χ0v) is 11.2. The Labute approximate surface area is 116 Å². The van der Waals surface area contributed by atoms with Crippen molar-refractivity contribution >= 4 is 11.6 Å². The fraction of sp³-hybridized carbons (Fsp3) is 0.267. The Morgan fingerprint density at radius 1 is 1.40 bits per heavy atom. The Balaban J connectivity index is 1.98. The summed E-state index contributed by atoms with van der Waals surface area (Å²) >= 11 is 0. The third kappa shape index (κ3) is 3.45. The summed E-state index contributed by atoms with van der Waals surface area (Å²) in [4.78, 5) is 11.8. The lowest BCUT2D eigenvalue weighted by Gasteiger charge is -2.07. The number of anilines is 1. The lowest BCUT2D eigenvalue weighted by Crippen LogP contribution is -2.18. The van der Waals surface area contributed by atoms with Crippen molar-refractivity contribution < 1.29 is 14.3 Å². The van der Waals surface area contributed by atoms with Gasteiger partial charge in [-0.2, -0.15) is 0 Å². The summed E-state index contributed by atoms with van der Waals surface area (Å²) in [6.45, 7) is 1.96. The largest absolute Gasteiger partial charge is 0.388 e. The minimum Gasteiger partial charge on any atom is -0.388 e. The smallest absolute Gasteiger partial charge is 0.244 e. The van der Waals surface area contributed by atoms with Gasteiger partial charge in [-0.25, -0.2) is 4.39 Å². The molecule has 0 bridgehead atoms. The van der Waals surface area contributed by atoms with E-state index in [1.165, 1.54) is 12.1 Å². The average Bonchev–Trinajstić information content (AvgIpc) is 2.89. The molecule has 1 aromatic carbocycles. The van der Waals surface area contributed by atoms with Crippen LogP contribution in [-0.4, -0.2) is 15.6 Å². The molecule has 0 saturated heterocycles. The Morgan fingerprint density at radius 2 is 2.15 bits per heavy atom. The van der Waals surface area contributed by atoms with E-state index in [-0.39, 0.29) is 18.1 Å². The lowest BCUT2D eigenvalue weighted by molar-refractivity contribution is -0.116. The van der Waals surface area contributed by atoms with E-state index in [2.05, 4.69) is 5.32 Å². The number of para-hydroxylation sites is 1. The molecule has 106 valence electrons. The average molecular weight is 276 g/mol. The van der Waals surface area contributed by atoms with Crippen LogP contribution in [0.15, 0.2) is 42.7 Å². The Hall–Kier alpha value is -2.14. The first-order valence-corrected chi connectivity index (χ1v) is 6.48. The summed E-state index contributed by atoms with van der Waals surface area (Å²) in [6.07, 6.45) is 3.53. The van der Waals surface area contributed by atoms with Gasteiger partial charge in [0.2, 0.25) is 5.91 Å². The number of aliphatic hydroxyl groups excluding tert-OH is 1. The highest BCUT2D eigenvalue weighted by Crippen LogP contribution is 2.16. The van der Waals surface area contributed by atoms with E-state index in [1.807, 2.05) is 6.92 Å². The maximum Gasteiger partial charge on any atom is 0.244 e. The van der Waals surface area contributed by atoms with Gasteiger partial charge < -0.3 is 15.0 Å². The highest BCUT2D eigenvalue weighted by atomic mass is 19.1. The Morgan fingerprint density at radius 3 is 2.85 bits per heavy atom. The third-order valence-electron chi connectivity index (χ3n) is 3.02. The number of carbonyl (C=O) groups is 1. The highest BCUT2D eigenvalue weighted by molar-refractivity contribution is 5.90. The van der Waals surface area contributed by atoms with Gasteiger partial charge in [0.1, 0.15) is 12.4 Å². The summed E-state index contributed by atoms with van der Waals surface area (Å²) in [6, 6.07) is 7.79. The monoisotopic (exact) mass is 276 g/mol. The molecule has 0 spiro atoms. The third-order valence-corrected chi connectivity index (χ3v) is 3.02.